The van der Waals surface area contributed by atoms with Crippen molar-refractivity contribution < 1.29 is 0 Å². The third-order valence-electron chi connectivity index (χ3n) is 9.39. The minimum Gasteiger partial charge on any atom is -0.264 e. The molecule has 0 N–H and O–H groups in total. The molecule has 0 amide bonds. The summed E-state index contributed by atoms with van der Waals surface area (Å²) in [5, 5.41) is 0. The second kappa shape index (κ2) is 41.2. The summed E-state index contributed by atoms with van der Waals surface area (Å²) in [6.07, 6.45) is 17.3. The third-order valence-corrected chi connectivity index (χ3v) is 9.39. The van der Waals surface area contributed by atoms with Crippen LogP contribution in [0.25, 0.3) is 0 Å². The lowest BCUT2D eigenvalue weighted by Gasteiger charge is -2.12. The second-order valence-electron chi connectivity index (χ2n) is 13.0. The molecule has 0 atom stereocenters. The van der Waals surface area contributed by atoms with Gasteiger partial charge in [-0.25, -0.2) is 0 Å². The van der Waals surface area contributed by atoms with Crippen molar-refractivity contribution in [3.8, 4) is 0 Å². The van der Waals surface area contributed by atoms with Crippen molar-refractivity contribution in [1.82, 2.24) is 19.9 Å². The van der Waals surface area contributed by atoms with E-state index in [4.69, 9.17) is 0 Å². The predicted molar refractivity (Wildman–Crippen MR) is 255 cm³/mol. The molecule has 4 aromatic rings. The Morgan fingerprint density at radius 2 is 0.875 bits per heavy atom. The number of pyridine rings is 4. The van der Waals surface area contributed by atoms with Crippen molar-refractivity contribution in [3.05, 3.63) is 118 Å². The summed E-state index contributed by atoms with van der Waals surface area (Å²) in [6, 6.07) is 17.1. The lowest BCUT2D eigenvalue weighted by Crippen LogP contribution is -1.99. The highest BCUT2D eigenvalue weighted by atomic mass is 14.7. The molecule has 0 aliphatic heterocycles. The fraction of sp³-hybridized carbons (Fsp3) is 0.615. The van der Waals surface area contributed by atoms with Gasteiger partial charge in [-0.2, -0.15) is 0 Å². The molecule has 0 aliphatic carbocycles. The van der Waals surface area contributed by atoms with Gasteiger partial charge in [0.2, 0.25) is 0 Å². The molecular formula is C52H92N4. The Hall–Kier alpha value is -3.40. The Kier molecular flexibility index (Phi) is 43.7. The molecule has 320 valence electrons. The average Bonchev–Trinajstić information content (AvgIpc) is 3.24. The van der Waals surface area contributed by atoms with Crippen LogP contribution in [-0.4, -0.2) is 19.9 Å². The van der Waals surface area contributed by atoms with Gasteiger partial charge in [-0.3, -0.25) is 19.9 Å². The van der Waals surface area contributed by atoms with Crippen LogP contribution in [-0.2, 0) is 0 Å². The number of aromatic nitrogens is 4. The van der Waals surface area contributed by atoms with E-state index in [1.807, 2.05) is 106 Å². The number of aryl methyl sites for hydroxylation is 4. The predicted octanol–water partition coefficient (Wildman–Crippen LogP) is 17.3. The van der Waals surface area contributed by atoms with Crippen LogP contribution in [0.15, 0.2) is 73.3 Å². The van der Waals surface area contributed by atoms with E-state index in [-0.39, 0.29) is 0 Å². The number of nitrogens with zero attached hydrogens (tertiary/aromatic N) is 4. The summed E-state index contributed by atoms with van der Waals surface area (Å²) in [7, 11) is 0. The summed E-state index contributed by atoms with van der Waals surface area (Å²) in [5.41, 5.74) is 10.2. The van der Waals surface area contributed by atoms with E-state index < -0.39 is 0 Å². The summed E-state index contributed by atoms with van der Waals surface area (Å²) in [6.45, 7) is 42.1. The van der Waals surface area contributed by atoms with E-state index in [1.54, 1.807) is 0 Å². The van der Waals surface area contributed by atoms with Crippen molar-refractivity contribution in [2.45, 2.75) is 214 Å². The van der Waals surface area contributed by atoms with Gasteiger partial charge in [-0.15, -0.1) is 0 Å². The molecule has 0 unspecified atom stereocenters. The fourth-order valence-electron chi connectivity index (χ4n) is 6.13. The molecule has 0 aliphatic rings. The molecule has 4 aromatic heterocycles. The Balaban J connectivity index is -0.000000303. The zero-order valence-electron chi connectivity index (χ0n) is 40.7. The molecule has 0 radical (unpaired) electrons. The van der Waals surface area contributed by atoms with Crippen molar-refractivity contribution in [2.75, 3.05) is 0 Å². The van der Waals surface area contributed by atoms with E-state index in [9.17, 15) is 0 Å². The SMILES string of the molecule is CC.CC.CC.CC.CCC(CC)c1cc(C)ccn1.CCC(CC)c1cccc(C)n1.CCC(CC)c1ccnc(C)c1.CCC(CC)c1cncc(C)c1. The maximum atomic E-state index is 4.52. The largest absolute Gasteiger partial charge is 0.264 e. The zero-order valence-corrected chi connectivity index (χ0v) is 40.7. The van der Waals surface area contributed by atoms with Crippen LogP contribution in [0.3, 0.4) is 0 Å². The third kappa shape index (κ3) is 26.5. The highest BCUT2D eigenvalue weighted by Crippen LogP contribution is 2.24. The Morgan fingerprint density at radius 3 is 1.30 bits per heavy atom. The Bertz CT molecular complexity index is 1170. The summed E-state index contributed by atoms with van der Waals surface area (Å²) in [4.78, 5) is 17.3. The molecular weight excluding hydrogens is 681 g/mol. The normalized spacial score (nSPS) is 9.57. The minimum atomic E-state index is 0.643. The van der Waals surface area contributed by atoms with Gasteiger partial charge in [-0.05, 0) is 150 Å². The van der Waals surface area contributed by atoms with Gasteiger partial charge in [0.15, 0.2) is 0 Å². The van der Waals surface area contributed by atoms with E-state index in [0.29, 0.717) is 23.7 Å². The maximum Gasteiger partial charge on any atom is 0.0437 e. The van der Waals surface area contributed by atoms with Crippen molar-refractivity contribution >= 4 is 0 Å². The molecule has 56 heavy (non-hydrogen) atoms. The van der Waals surface area contributed by atoms with E-state index >= 15 is 0 Å². The molecule has 4 rings (SSSR count). The van der Waals surface area contributed by atoms with Crippen LogP contribution in [0.4, 0.5) is 0 Å². The minimum absolute atomic E-state index is 0.643. The monoisotopic (exact) mass is 773 g/mol. The standard InChI is InChI=1S/4C11H17N.4C2H6/c1-4-10(5-2)11-6-9(3)7-12-8-11;1-4-10(5-2)11-6-7-12-9(3)8-11;1-4-10(5-2)11-8-9(3)6-7-12-11;1-4-10(5-2)11-8-6-7-9(3)12-11;4*1-2/h4*6-8,10H,4-5H2,1-3H3;4*1-2H3. The number of hydrogen-bond acceptors (Lipinski definition) is 4. The van der Waals surface area contributed by atoms with Gasteiger partial charge < -0.3 is 0 Å². The maximum absolute atomic E-state index is 4.52. The van der Waals surface area contributed by atoms with Crippen LogP contribution in [0.2, 0.25) is 0 Å². The van der Waals surface area contributed by atoms with Gasteiger partial charge in [0, 0.05) is 59.4 Å². The first kappa shape index (κ1) is 59.3. The van der Waals surface area contributed by atoms with Crippen LogP contribution < -0.4 is 0 Å². The van der Waals surface area contributed by atoms with E-state index in [0.717, 1.165) is 11.4 Å². The first-order chi connectivity index (χ1) is 27.1. The van der Waals surface area contributed by atoms with Gasteiger partial charge in [0.05, 0.1) is 0 Å². The fourth-order valence-corrected chi connectivity index (χ4v) is 6.13. The summed E-state index contributed by atoms with van der Waals surface area (Å²) in [5.74, 6) is 2.69. The van der Waals surface area contributed by atoms with Crippen LogP contribution in [0, 0.1) is 27.7 Å². The van der Waals surface area contributed by atoms with Crippen LogP contribution in [0.1, 0.15) is 231 Å². The average molecular weight is 773 g/mol. The molecule has 0 saturated heterocycles. The first-order valence-corrected chi connectivity index (χ1v) is 22.8. The zero-order chi connectivity index (χ0) is 43.9. The van der Waals surface area contributed by atoms with Crippen molar-refractivity contribution in [3.63, 3.8) is 0 Å². The van der Waals surface area contributed by atoms with Gasteiger partial charge in [-0.1, -0.05) is 123 Å². The highest BCUT2D eigenvalue weighted by Gasteiger charge is 2.09. The van der Waals surface area contributed by atoms with Gasteiger partial charge in [0.25, 0.3) is 0 Å². The highest BCUT2D eigenvalue weighted by molar-refractivity contribution is 5.21. The molecule has 0 spiro atoms. The molecule has 4 nitrogen and oxygen atoms in total. The van der Waals surface area contributed by atoms with Crippen molar-refractivity contribution in [2.24, 2.45) is 0 Å². The summed E-state index contributed by atoms with van der Waals surface area (Å²) >= 11 is 0. The molecule has 4 heterocycles. The molecule has 0 saturated carbocycles. The summed E-state index contributed by atoms with van der Waals surface area (Å²) < 4.78 is 0. The quantitative estimate of drug-likeness (QED) is 0.144. The van der Waals surface area contributed by atoms with Crippen LogP contribution >= 0.6 is 0 Å². The van der Waals surface area contributed by atoms with Crippen LogP contribution in [0.5, 0.6) is 0 Å². The smallest absolute Gasteiger partial charge is 0.0437 e. The topological polar surface area (TPSA) is 51.6 Å². The Labute approximate surface area is 350 Å². The molecule has 0 bridgehead atoms. The Morgan fingerprint density at radius 1 is 0.411 bits per heavy atom. The molecule has 4 heteroatoms. The first-order valence-electron chi connectivity index (χ1n) is 22.8. The van der Waals surface area contributed by atoms with E-state index in [1.165, 1.54) is 85.0 Å². The van der Waals surface area contributed by atoms with Gasteiger partial charge >= 0.3 is 0 Å². The molecule has 0 aromatic carbocycles. The number of hydrogen-bond donors (Lipinski definition) is 0. The van der Waals surface area contributed by atoms with E-state index in [2.05, 4.69) is 126 Å². The second-order valence-corrected chi connectivity index (χ2v) is 13.0. The number of rotatable bonds is 12. The van der Waals surface area contributed by atoms with Gasteiger partial charge in [0.1, 0.15) is 0 Å². The lowest BCUT2D eigenvalue weighted by molar-refractivity contribution is 0.621. The lowest BCUT2D eigenvalue weighted by atomic mass is 9.94. The van der Waals surface area contributed by atoms with Crippen molar-refractivity contribution in [1.29, 1.82) is 0 Å². The molecule has 0 fully saturated rings.